The predicted molar refractivity (Wildman–Crippen MR) is 56.2 cm³/mol. The van der Waals surface area contributed by atoms with Gasteiger partial charge in [-0.15, -0.1) is 0 Å². The summed E-state index contributed by atoms with van der Waals surface area (Å²) in [6, 6.07) is 0.496. The maximum Gasteiger partial charge on any atom is 0.303 e. The lowest BCUT2D eigenvalue weighted by Gasteiger charge is -2.39. The molecule has 0 saturated heterocycles. The highest BCUT2D eigenvalue weighted by Crippen LogP contribution is 2.36. The highest BCUT2D eigenvalue weighted by atomic mass is 16.4. The van der Waals surface area contributed by atoms with Gasteiger partial charge in [0.2, 0.25) is 0 Å². The molecular weight excluding hydrogens is 178 g/mol. The zero-order valence-electron chi connectivity index (χ0n) is 9.29. The molecule has 0 amide bonds. The van der Waals surface area contributed by atoms with E-state index in [0.29, 0.717) is 30.2 Å². The maximum atomic E-state index is 10.7. The van der Waals surface area contributed by atoms with Crippen molar-refractivity contribution in [2.75, 3.05) is 7.05 Å². The van der Waals surface area contributed by atoms with E-state index in [1.54, 1.807) is 0 Å². The molecule has 1 rings (SSSR count). The molecule has 0 aromatic rings. The fraction of sp³-hybridized carbons (Fsp3) is 0.909. The first-order chi connectivity index (χ1) is 6.56. The fourth-order valence-electron chi connectivity index (χ4n) is 2.73. The van der Waals surface area contributed by atoms with E-state index < -0.39 is 5.97 Å². The minimum atomic E-state index is -0.662. The van der Waals surface area contributed by atoms with Crippen molar-refractivity contribution < 1.29 is 9.90 Å². The van der Waals surface area contributed by atoms with Gasteiger partial charge in [0.1, 0.15) is 0 Å². The van der Waals surface area contributed by atoms with E-state index in [-0.39, 0.29) is 0 Å². The van der Waals surface area contributed by atoms with Crippen molar-refractivity contribution in [1.82, 2.24) is 5.32 Å². The van der Waals surface area contributed by atoms with Crippen molar-refractivity contribution in [2.45, 2.75) is 39.2 Å². The standard InChI is InChI=1S/C11H21NO2/c1-7-4-5-10(12-3)8(2)9(7)6-11(13)14/h7-10,12H,4-6H2,1-3H3,(H,13,14). The van der Waals surface area contributed by atoms with Crippen LogP contribution in [0.5, 0.6) is 0 Å². The minimum Gasteiger partial charge on any atom is -0.481 e. The zero-order valence-corrected chi connectivity index (χ0v) is 9.29. The first-order valence-corrected chi connectivity index (χ1v) is 5.45. The first kappa shape index (κ1) is 11.5. The molecule has 1 aliphatic rings. The van der Waals surface area contributed by atoms with E-state index in [4.69, 9.17) is 5.11 Å². The Morgan fingerprint density at radius 3 is 2.57 bits per heavy atom. The quantitative estimate of drug-likeness (QED) is 0.727. The third-order valence-electron chi connectivity index (χ3n) is 3.76. The average molecular weight is 199 g/mol. The maximum absolute atomic E-state index is 10.7. The average Bonchev–Trinajstić information content (AvgIpc) is 2.12. The Morgan fingerprint density at radius 2 is 2.07 bits per heavy atom. The molecule has 1 fully saturated rings. The van der Waals surface area contributed by atoms with Crippen LogP contribution in [-0.4, -0.2) is 24.2 Å². The van der Waals surface area contributed by atoms with E-state index in [9.17, 15) is 4.79 Å². The lowest BCUT2D eigenvalue weighted by atomic mass is 9.69. The van der Waals surface area contributed by atoms with Gasteiger partial charge in [0.05, 0.1) is 0 Å². The smallest absolute Gasteiger partial charge is 0.303 e. The molecule has 1 saturated carbocycles. The van der Waals surface area contributed by atoms with Gasteiger partial charge < -0.3 is 10.4 Å². The Balaban J connectivity index is 2.63. The molecule has 0 aromatic heterocycles. The Bertz CT molecular complexity index is 205. The van der Waals surface area contributed by atoms with E-state index in [1.165, 1.54) is 6.42 Å². The number of carboxylic acids is 1. The molecule has 1 aliphatic carbocycles. The van der Waals surface area contributed by atoms with Gasteiger partial charge >= 0.3 is 5.97 Å². The van der Waals surface area contributed by atoms with Crippen LogP contribution in [0.3, 0.4) is 0 Å². The molecule has 0 aromatic carbocycles. The van der Waals surface area contributed by atoms with Gasteiger partial charge in [-0.25, -0.2) is 0 Å². The zero-order chi connectivity index (χ0) is 10.7. The molecule has 3 heteroatoms. The van der Waals surface area contributed by atoms with Crippen LogP contribution in [0.2, 0.25) is 0 Å². The van der Waals surface area contributed by atoms with E-state index in [1.807, 2.05) is 7.05 Å². The molecule has 14 heavy (non-hydrogen) atoms. The lowest BCUT2D eigenvalue weighted by molar-refractivity contribution is -0.139. The molecular formula is C11H21NO2. The van der Waals surface area contributed by atoms with Crippen molar-refractivity contribution >= 4 is 5.97 Å². The summed E-state index contributed by atoms with van der Waals surface area (Å²) in [5.41, 5.74) is 0. The van der Waals surface area contributed by atoms with Crippen LogP contribution >= 0.6 is 0 Å². The Hall–Kier alpha value is -0.570. The van der Waals surface area contributed by atoms with Crippen LogP contribution in [0.4, 0.5) is 0 Å². The van der Waals surface area contributed by atoms with Crippen LogP contribution in [0.1, 0.15) is 33.1 Å². The summed E-state index contributed by atoms with van der Waals surface area (Å²) in [5.74, 6) is 0.690. The number of carbonyl (C=O) groups is 1. The second kappa shape index (κ2) is 4.78. The van der Waals surface area contributed by atoms with Crippen molar-refractivity contribution in [3.8, 4) is 0 Å². The second-order valence-electron chi connectivity index (χ2n) is 4.57. The van der Waals surface area contributed by atoms with Crippen LogP contribution in [-0.2, 0) is 4.79 Å². The molecule has 0 radical (unpaired) electrons. The van der Waals surface area contributed by atoms with Crippen molar-refractivity contribution in [3.05, 3.63) is 0 Å². The summed E-state index contributed by atoms with van der Waals surface area (Å²) in [5, 5.41) is 12.1. The van der Waals surface area contributed by atoms with Crippen molar-refractivity contribution in [1.29, 1.82) is 0 Å². The van der Waals surface area contributed by atoms with Gasteiger partial charge in [0, 0.05) is 12.5 Å². The third kappa shape index (κ3) is 2.47. The minimum absolute atomic E-state index is 0.320. The largest absolute Gasteiger partial charge is 0.481 e. The Kier molecular flexibility index (Phi) is 3.93. The highest BCUT2D eigenvalue weighted by Gasteiger charge is 2.34. The highest BCUT2D eigenvalue weighted by molar-refractivity contribution is 5.67. The summed E-state index contributed by atoms with van der Waals surface area (Å²) in [4.78, 5) is 10.7. The third-order valence-corrected chi connectivity index (χ3v) is 3.76. The van der Waals surface area contributed by atoms with Crippen LogP contribution < -0.4 is 5.32 Å². The van der Waals surface area contributed by atoms with Crippen molar-refractivity contribution in [2.24, 2.45) is 17.8 Å². The van der Waals surface area contributed by atoms with Gasteiger partial charge in [0.15, 0.2) is 0 Å². The van der Waals surface area contributed by atoms with Crippen LogP contribution in [0, 0.1) is 17.8 Å². The summed E-state index contributed by atoms with van der Waals surface area (Å²) in [7, 11) is 1.97. The second-order valence-corrected chi connectivity index (χ2v) is 4.57. The number of hydrogen-bond acceptors (Lipinski definition) is 2. The molecule has 0 bridgehead atoms. The normalized spacial score (nSPS) is 38.2. The Morgan fingerprint density at radius 1 is 1.43 bits per heavy atom. The van der Waals surface area contributed by atoms with Gasteiger partial charge in [-0.05, 0) is 37.6 Å². The molecule has 4 unspecified atom stereocenters. The molecule has 0 spiro atoms. The van der Waals surface area contributed by atoms with Gasteiger partial charge in [0.25, 0.3) is 0 Å². The lowest BCUT2D eigenvalue weighted by Crippen LogP contribution is -2.43. The number of carboxylic acid groups (broad SMARTS) is 1. The van der Waals surface area contributed by atoms with Crippen LogP contribution in [0.25, 0.3) is 0 Å². The van der Waals surface area contributed by atoms with Crippen molar-refractivity contribution in [3.63, 3.8) is 0 Å². The first-order valence-electron chi connectivity index (χ1n) is 5.45. The number of nitrogens with one attached hydrogen (secondary N) is 1. The number of aliphatic carboxylic acids is 1. The number of rotatable bonds is 3. The fourth-order valence-corrected chi connectivity index (χ4v) is 2.73. The number of hydrogen-bond donors (Lipinski definition) is 2. The summed E-state index contributed by atoms with van der Waals surface area (Å²) >= 11 is 0. The molecule has 2 N–H and O–H groups in total. The van der Waals surface area contributed by atoms with E-state index in [0.717, 1.165) is 6.42 Å². The molecule has 4 atom stereocenters. The monoisotopic (exact) mass is 199 g/mol. The molecule has 0 aliphatic heterocycles. The molecule has 0 heterocycles. The summed E-state index contributed by atoms with van der Waals surface area (Å²) in [6.45, 7) is 4.35. The van der Waals surface area contributed by atoms with Crippen LogP contribution in [0.15, 0.2) is 0 Å². The van der Waals surface area contributed by atoms with Gasteiger partial charge in [-0.2, -0.15) is 0 Å². The van der Waals surface area contributed by atoms with E-state index >= 15 is 0 Å². The van der Waals surface area contributed by atoms with Gasteiger partial charge in [-0.3, -0.25) is 4.79 Å². The Labute approximate surface area is 85.9 Å². The molecule has 82 valence electrons. The SMILES string of the molecule is CNC1CCC(C)C(CC(=O)O)C1C. The van der Waals surface area contributed by atoms with E-state index in [2.05, 4.69) is 19.2 Å². The predicted octanol–water partition coefficient (Wildman–Crippen LogP) is 1.73. The topological polar surface area (TPSA) is 49.3 Å². The molecule has 3 nitrogen and oxygen atoms in total. The van der Waals surface area contributed by atoms with Gasteiger partial charge in [-0.1, -0.05) is 13.8 Å². The summed E-state index contributed by atoms with van der Waals surface area (Å²) < 4.78 is 0. The summed E-state index contributed by atoms with van der Waals surface area (Å²) in [6.07, 6.45) is 2.64.